The number of methoxy groups -OCH3 is 1. The zero-order chi connectivity index (χ0) is 32.7. The van der Waals surface area contributed by atoms with Crippen LogP contribution in [0.2, 0.25) is 0 Å². The van der Waals surface area contributed by atoms with Gasteiger partial charge in [0.15, 0.2) is 5.82 Å². The molecule has 0 atom stereocenters. The molecule has 0 unspecified atom stereocenters. The van der Waals surface area contributed by atoms with Gasteiger partial charge < -0.3 is 24.1 Å². The molecule has 0 saturated carbocycles. The highest BCUT2D eigenvalue weighted by Crippen LogP contribution is 2.35. The number of nitrogens with zero attached hydrogens (tertiary/aromatic N) is 4. The maximum atomic E-state index is 14.2. The molecule has 0 aliphatic carbocycles. The summed E-state index contributed by atoms with van der Waals surface area (Å²) >= 11 is 0. The van der Waals surface area contributed by atoms with E-state index < -0.39 is 10.0 Å². The van der Waals surface area contributed by atoms with Gasteiger partial charge in [-0.2, -0.15) is 0 Å². The van der Waals surface area contributed by atoms with E-state index in [4.69, 9.17) is 18.7 Å². The summed E-state index contributed by atoms with van der Waals surface area (Å²) in [5, 5.41) is 7.44. The maximum Gasteiger partial charge on any atom is 0.268 e. The first-order valence-electron chi connectivity index (χ1n) is 14.7. The smallest absolute Gasteiger partial charge is 0.268 e. The Hall–Kier alpha value is -4.26. The molecule has 0 saturated heterocycles. The van der Waals surface area contributed by atoms with E-state index in [-0.39, 0.29) is 24.1 Å². The lowest BCUT2D eigenvalue weighted by molar-refractivity contribution is 0.134. The minimum Gasteiger partial charge on any atom is -0.494 e. The first kappa shape index (κ1) is 33.6. The Balaban J connectivity index is 1.74. The van der Waals surface area contributed by atoms with Crippen LogP contribution >= 0.6 is 0 Å². The summed E-state index contributed by atoms with van der Waals surface area (Å²) in [5.41, 5.74) is 5.16. The van der Waals surface area contributed by atoms with Crippen LogP contribution in [0.4, 0.5) is 11.6 Å². The number of hydrogen-bond donors (Lipinski definition) is 1. The third-order valence-corrected chi connectivity index (χ3v) is 9.02. The summed E-state index contributed by atoms with van der Waals surface area (Å²) in [6, 6.07) is 12.8. The van der Waals surface area contributed by atoms with Gasteiger partial charge in [-0.3, -0.25) is 0 Å². The molecule has 0 radical (unpaired) electrons. The summed E-state index contributed by atoms with van der Waals surface area (Å²) in [7, 11) is -2.69. The largest absolute Gasteiger partial charge is 0.494 e. The van der Waals surface area contributed by atoms with Gasteiger partial charge >= 0.3 is 0 Å². The number of rotatable bonds is 15. The molecule has 45 heavy (non-hydrogen) atoms. The number of ether oxygens (including phenoxy) is 3. The first-order valence-corrected chi connectivity index (χ1v) is 16.1. The van der Waals surface area contributed by atoms with Gasteiger partial charge in [0.1, 0.15) is 29.9 Å². The van der Waals surface area contributed by atoms with E-state index >= 15 is 0 Å². The van der Waals surface area contributed by atoms with Crippen LogP contribution in [-0.2, 0) is 37.4 Å². The molecule has 240 valence electrons. The average Bonchev–Trinajstić information content (AvgIpc) is 3.34. The lowest BCUT2D eigenvalue weighted by Gasteiger charge is -2.23. The molecule has 11 nitrogen and oxygen atoms in total. The van der Waals surface area contributed by atoms with Crippen molar-refractivity contribution in [1.82, 2.24) is 15.1 Å². The predicted octanol–water partition coefficient (Wildman–Crippen LogP) is 6.32. The van der Waals surface area contributed by atoms with Crippen molar-refractivity contribution in [3.05, 3.63) is 88.6 Å². The number of anilines is 2. The number of aromatic nitrogens is 3. The lowest BCUT2D eigenvalue weighted by atomic mass is 9.97. The summed E-state index contributed by atoms with van der Waals surface area (Å²) in [4.78, 5) is 9.20. The molecule has 0 fully saturated rings. The van der Waals surface area contributed by atoms with Crippen LogP contribution in [-0.4, -0.2) is 50.6 Å². The van der Waals surface area contributed by atoms with Crippen molar-refractivity contribution in [2.24, 2.45) is 0 Å². The normalized spacial score (nSPS) is 11.4. The molecule has 4 aromatic rings. The van der Waals surface area contributed by atoms with E-state index in [0.29, 0.717) is 54.0 Å². The van der Waals surface area contributed by atoms with Gasteiger partial charge in [0, 0.05) is 31.4 Å². The SMILES string of the molecule is C=C(OCC)c1c(C)nc(C)nc1NCc1ccc(-c2ccccc2S(=O)(=O)N(COC)c2noc(C)c2C)c(COCC)c1. The van der Waals surface area contributed by atoms with Crippen molar-refractivity contribution in [3.8, 4) is 11.1 Å². The van der Waals surface area contributed by atoms with Gasteiger partial charge in [-0.05, 0) is 64.3 Å². The molecule has 12 heteroatoms. The molecule has 0 spiro atoms. The van der Waals surface area contributed by atoms with E-state index in [1.54, 1.807) is 32.0 Å². The molecule has 1 N–H and O–H groups in total. The fraction of sp³-hybridized carbons (Fsp3) is 0.364. The summed E-state index contributed by atoms with van der Waals surface area (Å²) < 4.78 is 51.6. The minimum absolute atomic E-state index is 0.108. The number of hydrogen-bond acceptors (Lipinski definition) is 10. The van der Waals surface area contributed by atoms with E-state index in [2.05, 4.69) is 27.0 Å². The van der Waals surface area contributed by atoms with Gasteiger partial charge in [0.05, 0.1) is 29.4 Å². The lowest BCUT2D eigenvalue weighted by Crippen LogP contribution is -2.34. The Morgan fingerprint density at radius 1 is 1.02 bits per heavy atom. The van der Waals surface area contributed by atoms with Gasteiger partial charge in [-0.1, -0.05) is 48.1 Å². The number of nitrogens with one attached hydrogen (secondary N) is 1. The van der Waals surface area contributed by atoms with Crippen LogP contribution in [0.1, 0.15) is 53.4 Å². The summed E-state index contributed by atoms with van der Waals surface area (Å²) in [6.45, 7) is 16.6. The van der Waals surface area contributed by atoms with E-state index in [1.165, 1.54) is 7.11 Å². The Morgan fingerprint density at radius 2 is 1.78 bits per heavy atom. The van der Waals surface area contributed by atoms with E-state index in [0.717, 1.165) is 32.3 Å². The van der Waals surface area contributed by atoms with E-state index in [9.17, 15) is 8.42 Å². The second-order valence-electron chi connectivity index (χ2n) is 10.4. The van der Waals surface area contributed by atoms with Gasteiger partial charge in [0.25, 0.3) is 10.0 Å². The molecule has 2 heterocycles. The highest BCUT2D eigenvalue weighted by Gasteiger charge is 2.32. The van der Waals surface area contributed by atoms with Gasteiger partial charge in [-0.25, -0.2) is 22.7 Å². The Morgan fingerprint density at radius 3 is 2.44 bits per heavy atom. The van der Waals surface area contributed by atoms with Crippen molar-refractivity contribution >= 4 is 27.4 Å². The zero-order valence-electron chi connectivity index (χ0n) is 26.9. The van der Waals surface area contributed by atoms with Crippen molar-refractivity contribution in [1.29, 1.82) is 0 Å². The fourth-order valence-corrected chi connectivity index (χ4v) is 6.58. The maximum absolute atomic E-state index is 14.2. The third kappa shape index (κ3) is 7.35. The molecular formula is C33H41N5O6S. The number of sulfonamides is 1. The van der Waals surface area contributed by atoms with Crippen molar-refractivity contribution in [2.75, 3.05) is 36.7 Å². The Bertz CT molecular complexity index is 1770. The van der Waals surface area contributed by atoms with Gasteiger partial charge in [0.2, 0.25) is 0 Å². The quantitative estimate of drug-likeness (QED) is 0.117. The highest BCUT2D eigenvalue weighted by atomic mass is 32.2. The molecule has 0 bridgehead atoms. The molecule has 2 aromatic heterocycles. The van der Waals surface area contributed by atoms with E-state index in [1.807, 2.05) is 52.0 Å². The number of aryl methyl sites for hydroxylation is 3. The summed E-state index contributed by atoms with van der Waals surface area (Å²) in [5.74, 6) is 2.47. The Labute approximate surface area is 265 Å². The third-order valence-electron chi connectivity index (χ3n) is 7.25. The van der Waals surface area contributed by atoms with Crippen LogP contribution in [0.25, 0.3) is 16.9 Å². The van der Waals surface area contributed by atoms with Crippen LogP contribution in [0.5, 0.6) is 0 Å². The van der Waals surface area contributed by atoms with Crippen molar-refractivity contribution in [3.63, 3.8) is 0 Å². The second-order valence-corrected chi connectivity index (χ2v) is 12.2. The highest BCUT2D eigenvalue weighted by molar-refractivity contribution is 7.93. The van der Waals surface area contributed by atoms with Crippen molar-refractivity contribution < 1.29 is 27.2 Å². The first-order chi connectivity index (χ1) is 21.5. The van der Waals surface area contributed by atoms with Crippen LogP contribution in [0.3, 0.4) is 0 Å². The second kappa shape index (κ2) is 14.7. The molecule has 2 aromatic carbocycles. The Kier molecular flexibility index (Phi) is 11.0. The van der Waals surface area contributed by atoms with Crippen LogP contribution < -0.4 is 9.62 Å². The molecule has 0 amide bonds. The predicted molar refractivity (Wildman–Crippen MR) is 174 cm³/mol. The van der Waals surface area contributed by atoms with Gasteiger partial charge in [-0.15, -0.1) is 0 Å². The molecule has 0 aliphatic heterocycles. The minimum atomic E-state index is -4.13. The average molecular weight is 636 g/mol. The fourth-order valence-electron chi connectivity index (χ4n) is 4.99. The summed E-state index contributed by atoms with van der Waals surface area (Å²) in [6.07, 6.45) is 0. The van der Waals surface area contributed by atoms with Crippen molar-refractivity contribution in [2.45, 2.75) is 59.6 Å². The van der Waals surface area contributed by atoms with Crippen LogP contribution in [0.15, 0.2) is 58.5 Å². The number of benzene rings is 2. The monoisotopic (exact) mass is 635 g/mol. The zero-order valence-corrected chi connectivity index (χ0v) is 27.7. The topological polar surface area (TPSA) is 129 Å². The van der Waals surface area contributed by atoms with Crippen LogP contribution in [0, 0.1) is 27.7 Å². The molecular weight excluding hydrogens is 594 g/mol. The molecule has 4 rings (SSSR count). The standard InChI is InChI=1S/C33H41N5O6S/c1-9-42-19-27-17-26(18-34-32-31(24(6)43-10-2)22(4)35-25(7)36-32)15-16-28(27)29-13-11-12-14-30(29)45(39,40)38(20-41-8)33-21(3)23(5)44-37-33/h11-17H,6,9-10,18-20H2,1-5,7-8H3,(H,34,35,36). The molecule has 0 aliphatic rings.